The van der Waals surface area contributed by atoms with Crippen LogP contribution in [-0.4, -0.2) is 55.6 Å². The SMILES string of the molecule is CC(C)(C)c1cc(NC(=O)NCc2ccccc2Oc2ccc3c(c2)N2C=CN(C(=O)NCCO)C2S3)n(-c2ccc(O)c(Cl)c2)n1. The lowest BCUT2D eigenvalue weighted by molar-refractivity contribution is 0.210. The van der Waals surface area contributed by atoms with E-state index in [1.54, 1.807) is 39.7 Å². The van der Waals surface area contributed by atoms with Crippen LogP contribution in [-0.2, 0) is 12.0 Å². The van der Waals surface area contributed by atoms with Crippen molar-refractivity contribution in [1.29, 1.82) is 0 Å². The number of hydrogen-bond acceptors (Lipinski definition) is 8. The molecule has 1 unspecified atom stereocenters. The highest BCUT2D eigenvalue weighted by Crippen LogP contribution is 2.49. The largest absolute Gasteiger partial charge is 0.506 e. The summed E-state index contributed by atoms with van der Waals surface area (Å²) in [5.41, 5.74) is 2.46. The monoisotopic (exact) mass is 675 g/mol. The Morgan fingerprint density at radius 1 is 1.04 bits per heavy atom. The van der Waals surface area contributed by atoms with Crippen LogP contribution in [0.15, 0.2) is 84.0 Å². The number of amides is 4. The molecule has 244 valence electrons. The first-order valence-electron chi connectivity index (χ1n) is 14.9. The highest BCUT2D eigenvalue weighted by Gasteiger charge is 2.39. The molecule has 0 bridgehead atoms. The fraction of sp³-hybridized carbons (Fsp3) is 0.242. The van der Waals surface area contributed by atoms with Gasteiger partial charge in [-0.05, 0) is 36.4 Å². The van der Waals surface area contributed by atoms with E-state index in [1.807, 2.05) is 80.4 Å². The number of phenolic OH excluding ortho intramolecular Hbond substituents is 1. The number of para-hydroxylation sites is 1. The summed E-state index contributed by atoms with van der Waals surface area (Å²) in [6, 6.07) is 19.0. The van der Waals surface area contributed by atoms with Gasteiger partial charge < -0.3 is 30.5 Å². The Labute approximate surface area is 281 Å². The van der Waals surface area contributed by atoms with Gasteiger partial charge in [0.15, 0.2) is 5.50 Å². The van der Waals surface area contributed by atoms with Gasteiger partial charge in [0.2, 0.25) is 0 Å². The van der Waals surface area contributed by atoms with Crippen LogP contribution >= 0.6 is 23.4 Å². The zero-order chi connectivity index (χ0) is 33.3. The van der Waals surface area contributed by atoms with E-state index in [2.05, 4.69) is 16.0 Å². The number of hydrogen-bond donors (Lipinski definition) is 5. The number of nitrogens with one attached hydrogen (secondary N) is 3. The molecule has 3 heterocycles. The van der Waals surface area contributed by atoms with Crippen LogP contribution in [0.5, 0.6) is 17.2 Å². The third-order valence-corrected chi connectivity index (χ3v) is 9.03. The van der Waals surface area contributed by atoms with Gasteiger partial charge in [-0.3, -0.25) is 10.2 Å². The predicted molar refractivity (Wildman–Crippen MR) is 181 cm³/mol. The number of thioether (sulfide) groups is 1. The van der Waals surface area contributed by atoms with E-state index in [0.29, 0.717) is 23.0 Å². The van der Waals surface area contributed by atoms with Gasteiger partial charge in [0.1, 0.15) is 23.1 Å². The van der Waals surface area contributed by atoms with Gasteiger partial charge in [0.25, 0.3) is 0 Å². The van der Waals surface area contributed by atoms with Gasteiger partial charge in [-0.1, -0.05) is 62.3 Å². The summed E-state index contributed by atoms with van der Waals surface area (Å²) in [5.74, 6) is 1.57. The highest BCUT2D eigenvalue weighted by atomic mass is 35.5. The number of anilines is 2. The highest BCUT2D eigenvalue weighted by molar-refractivity contribution is 8.00. The molecule has 4 aromatic rings. The number of carbonyl (C=O) groups is 2. The number of aromatic hydroxyl groups is 1. The summed E-state index contributed by atoms with van der Waals surface area (Å²) in [7, 11) is 0. The molecular weight excluding hydrogens is 642 g/mol. The Balaban J connectivity index is 1.14. The maximum atomic E-state index is 13.2. The first kappa shape index (κ1) is 32.1. The van der Waals surface area contributed by atoms with Gasteiger partial charge in [-0.15, -0.1) is 0 Å². The Morgan fingerprint density at radius 3 is 2.62 bits per heavy atom. The number of phenols is 1. The van der Waals surface area contributed by atoms with E-state index in [1.165, 1.54) is 6.07 Å². The van der Waals surface area contributed by atoms with E-state index in [9.17, 15) is 14.7 Å². The number of aliphatic hydroxyl groups excluding tert-OH is 1. The molecule has 14 heteroatoms. The van der Waals surface area contributed by atoms with Gasteiger partial charge in [0.05, 0.1) is 28.7 Å². The number of halogens is 1. The van der Waals surface area contributed by atoms with Crippen molar-refractivity contribution >= 4 is 46.9 Å². The van der Waals surface area contributed by atoms with Crippen LogP contribution in [0.2, 0.25) is 5.02 Å². The van der Waals surface area contributed by atoms with Crippen molar-refractivity contribution in [2.75, 3.05) is 23.4 Å². The van der Waals surface area contributed by atoms with Crippen LogP contribution < -0.4 is 25.6 Å². The molecule has 4 amide bonds. The molecule has 3 aromatic carbocycles. The minimum atomic E-state index is -0.444. The molecule has 6 rings (SSSR count). The van der Waals surface area contributed by atoms with Crippen molar-refractivity contribution in [3.8, 4) is 22.9 Å². The fourth-order valence-electron chi connectivity index (χ4n) is 5.01. The van der Waals surface area contributed by atoms with Crippen LogP contribution in [0.1, 0.15) is 32.0 Å². The molecule has 5 N–H and O–H groups in total. The molecule has 47 heavy (non-hydrogen) atoms. The number of carbonyl (C=O) groups excluding carboxylic acids is 2. The smallest absolute Gasteiger partial charge is 0.323 e. The van der Waals surface area contributed by atoms with Gasteiger partial charge in [0, 0.05) is 53.5 Å². The van der Waals surface area contributed by atoms with Gasteiger partial charge >= 0.3 is 12.1 Å². The third kappa shape index (κ3) is 6.82. The zero-order valence-corrected chi connectivity index (χ0v) is 27.5. The number of benzene rings is 3. The van der Waals surface area contributed by atoms with E-state index in [0.717, 1.165) is 21.8 Å². The molecule has 0 saturated heterocycles. The summed E-state index contributed by atoms with van der Waals surface area (Å²) in [4.78, 5) is 30.3. The second kappa shape index (κ2) is 13.1. The molecule has 1 aromatic heterocycles. The molecular formula is C33H34ClN7O5S. The predicted octanol–water partition coefficient (Wildman–Crippen LogP) is 6.33. The fourth-order valence-corrected chi connectivity index (χ4v) is 6.42. The van der Waals surface area contributed by atoms with Gasteiger partial charge in [-0.25, -0.2) is 14.3 Å². The van der Waals surface area contributed by atoms with Crippen molar-refractivity contribution in [2.45, 2.75) is 43.1 Å². The minimum Gasteiger partial charge on any atom is -0.506 e. The normalized spacial score (nSPS) is 15.0. The third-order valence-electron chi connectivity index (χ3n) is 7.46. The lowest BCUT2D eigenvalue weighted by Gasteiger charge is -2.24. The topological polar surface area (TPSA) is 144 Å². The first-order valence-corrected chi connectivity index (χ1v) is 16.1. The number of aromatic nitrogens is 2. The molecule has 2 aliphatic heterocycles. The quantitative estimate of drug-likeness (QED) is 0.146. The number of urea groups is 2. The second-order valence-corrected chi connectivity index (χ2v) is 13.4. The van der Waals surface area contributed by atoms with E-state index < -0.39 is 6.03 Å². The van der Waals surface area contributed by atoms with Crippen LogP contribution in [0, 0.1) is 0 Å². The number of rotatable bonds is 8. The Morgan fingerprint density at radius 2 is 1.85 bits per heavy atom. The summed E-state index contributed by atoms with van der Waals surface area (Å²) >= 11 is 7.70. The Bertz CT molecular complexity index is 1860. The van der Waals surface area contributed by atoms with Crippen LogP contribution in [0.4, 0.5) is 21.1 Å². The van der Waals surface area contributed by atoms with E-state index in [4.69, 9.17) is 26.5 Å². The average Bonchev–Trinajstić information content (AvgIpc) is 3.75. The first-order chi connectivity index (χ1) is 22.5. The lowest BCUT2D eigenvalue weighted by atomic mass is 9.92. The summed E-state index contributed by atoms with van der Waals surface area (Å²) in [6.07, 6.45) is 3.55. The number of nitrogens with zero attached hydrogens (tertiary/aromatic N) is 4. The van der Waals surface area contributed by atoms with Crippen molar-refractivity contribution < 1.29 is 24.5 Å². The molecule has 0 saturated carbocycles. The minimum absolute atomic E-state index is 0.0476. The number of aliphatic hydroxyl groups is 1. The van der Waals surface area contributed by atoms with Crippen LogP contribution in [0.3, 0.4) is 0 Å². The maximum absolute atomic E-state index is 13.2. The molecule has 1 atom stereocenters. The molecule has 0 fully saturated rings. The van der Waals surface area contributed by atoms with Crippen molar-refractivity contribution in [2.24, 2.45) is 0 Å². The van der Waals surface area contributed by atoms with E-state index >= 15 is 0 Å². The molecule has 0 aliphatic carbocycles. The van der Waals surface area contributed by atoms with Crippen molar-refractivity contribution in [1.82, 2.24) is 25.3 Å². The maximum Gasteiger partial charge on any atom is 0.323 e. The zero-order valence-electron chi connectivity index (χ0n) is 25.9. The van der Waals surface area contributed by atoms with Gasteiger partial charge in [-0.2, -0.15) is 5.10 Å². The number of fused-ring (bicyclic) bond motifs is 3. The van der Waals surface area contributed by atoms with Crippen molar-refractivity contribution in [3.05, 3.63) is 95.4 Å². The molecule has 0 spiro atoms. The molecule has 2 aliphatic rings. The standard InChI is InChI=1S/C33H34ClN7O5S/c1-33(2,3)28-18-29(41(38-28)21-8-10-25(43)23(34)16-21)37-30(44)36-19-20-6-4-5-7-26(20)46-22-9-11-27-24(17-22)39-13-14-40(32(39)47-27)31(45)35-12-15-42/h4-11,13-14,16-18,32,42-43H,12,15,19H2,1-3H3,(H,35,45)(H2,36,37,44). The van der Waals surface area contributed by atoms with Crippen molar-refractivity contribution in [3.63, 3.8) is 0 Å². The number of ether oxygens (including phenoxy) is 1. The van der Waals surface area contributed by atoms with Crippen LogP contribution in [0.25, 0.3) is 5.69 Å². The Kier molecular flexibility index (Phi) is 8.95. The summed E-state index contributed by atoms with van der Waals surface area (Å²) in [6.45, 7) is 6.31. The van der Waals surface area contributed by atoms with E-state index in [-0.39, 0.29) is 47.4 Å². The summed E-state index contributed by atoms with van der Waals surface area (Å²) in [5, 5.41) is 32.3. The molecule has 12 nitrogen and oxygen atoms in total. The molecule has 0 radical (unpaired) electrons. The lowest BCUT2D eigenvalue weighted by Crippen LogP contribution is -2.43. The second-order valence-electron chi connectivity index (χ2n) is 11.9. The Hall–Kier alpha value is -4.85. The summed E-state index contributed by atoms with van der Waals surface area (Å²) < 4.78 is 7.88. The average molecular weight is 676 g/mol.